The number of thiazole rings is 1. The topological polar surface area (TPSA) is 42.4 Å². The van der Waals surface area contributed by atoms with E-state index in [1.807, 2.05) is 22.4 Å². The summed E-state index contributed by atoms with van der Waals surface area (Å²) in [6.07, 6.45) is 3.80. The van der Waals surface area contributed by atoms with Gasteiger partial charge in [-0.25, -0.2) is 4.98 Å². The number of ether oxygens (including phenoxy) is 1. The minimum absolute atomic E-state index is 0.178. The zero-order valence-electron chi connectivity index (χ0n) is 13.7. The zero-order valence-corrected chi connectivity index (χ0v) is 15.3. The molecule has 0 radical (unpaired) electrons. The van der Waals surface area contributed by atoms with Gasteiger partial charge in [0.1, 0.15) is 17.4 Å². The standard InChI is InChI=1S/C18H21ClN2O2S/c1-13-4-2-3-9-21(13)18(22)10-15-12-24-17(20-15)11-23-16-7-5-14(19)6-8-16/h5-8,12-13H,2-4,9-11H2,1H3. The summed E-state index contributed by atoms with van der Waals surface area (Å²) in [5, 5.41) is 3.51. The van der Waals surface area contributed by atoms with Gasteiger partial charge in [0, 0.05) is 23.0 Å². The third kappa shape index (κ3) is 4.48. The van der Waals surface area contributed by atoms with Crippen LogP contribution < -0.4 is 4.74 Å². The number of carbonyl (C=O) groups excluding carboxylic acids is 1. The Morgan fingerprint density at radius 2 is 2.17 bits per heavy atom. The first-order valence-corrected chi connectivity index (χ1v) is 9.48. The van der Waals surface area contributed by atoms with Gasteiger partial charge in [0.25, 0.3) is 0 Å². The lowest BCUT2D eigenvalue weighted by Crippen LogP contribution is -2.42. The summed E-state index contributed by atoms with van der Waals surface area (Å²) in [5.41, 5.74) is 0.831. The fraction of sp³-hybridized carbons (Fsp3) is 0.444. The molecule has 3 rings (SSSR count). The lowest BCUT2D eigenvalue weighted by molar-refractivity contribution is -0.133. The zero-order chi connectivity index (χ0) is 16.9. The molecule has 1 fully saturated rings. The van der Waals surface area contributed by atoms with E-state index in [9.17, 15) is 4.79 Å². The van der Waals surface area contributed by atoms with Gasteiger partial charge in [-0.2, -0.15) is 0 Å². The van der Waals surface area contributed by atoms with Gasteiger partial charge in [-0.05, 0) is 50.5 Å². The van der Waals surface area contributed by atoms with E-state index < -0.39 is 0 Å². The van der Waals surface area contributed by atoms with E-state index in [-0.39, 0.29) is 5.91 Å². The van der Waals surface area contributed by atoms with Gasteiger partial charge in [-0.15, -0.1) is 11.3 Å². The Morgan fingerprint density at radius 1 is 1.38 bits per heavy atom. The highest BCUT2D eigenvalue weighted by molar-refractivity contribution is 7.09. The van der Waals surface area contributed by atoms with Crippen molar-refractivity contribution < 1.29 is 9.53 Å². The maximum atomic E-state index is 12.4. The van der Waals surface area contributed by atoms with Crippen LogP contribution in [0, 0.1) is 0 Å². The molecule has 1 atom stereocenters. The molecule has 2 aromatic rings. The van der Waals surface area contributed by atoms with Crippen molar-refractivity contribution in [1.82, 2.24) is 9.88 Å². The van der Waals surface area contributed by atoms with Gasteiger partial charge >= 0.3 is 0 Å². The van der Waals surface area contributed by atoms with Crippen molar-refractivity contribution >= 4 is 28.8 Å². The first kappa shape index (κ1) is 17.2. The van der Waals surface area contributed by atoms with Crippen molar-refractivity contribution in [3.63, 3.8) is 0 Å². The van der Waals surface area contributed by atoms with Gasteiger partial charge < -0.3 is 9.64 Å². The summed E-state index contributed by atoms with van der Waals surface area (Å²) < 4.78 is 5.69. The lowest BCUT2D eigenvalue weighted by Gasteiger charge is -2.33. The number of piperidine rings is 1. The van der Waals surface area contributed by atoms with Crippen molar-refractivity contribution in [1.29, 1.82) is 0 Å². The van der Waals surface area contributed by atoms with E-state index in [4.69, 9.17) is 16.3 Å². The Labute approximate surface area is 151 Å². The van der Waals surface area contributed by atoms with Crippen molar-refractivity contribution in [2.75, 3.05) is 6.54 Å². The first-order chi connectivity index (χ1) is 11.6. The molecular weight excluding hydrogens is 344 g/mol. The second kappa shape index (κ2) is 7.99. The average molecular weight is 365 g/mol. The van der Waals surface area contributed by atoms with E-state index in [2.05, 4.69) is 11.9 Å². The predicted octanol–water partition coefficient (Wildman–Crippen LogP) is 4.32. The molecule has 1 unspecified atom stereocenters. The predicted molar refractivity (Wildman–Crippen MR) is 96.6 cm³/mol. The normalized spacial score (nSPS) is 17.8. The number of aromatic nitrogens is 1. The van der Waals surface area contributed by atoms with E-state index >= 15 is 0 Å². The first-order valence-electron chi connectivity index (χ1n) is 8.23. The Kier molecular flexibility index (Phi) is 5.74. The van der Waals surface area contributed by atoms with Crippen LogP contribution >= 0.6 is 22.9 Å². The van der Waals surface area contributed by atoms with Gasteiger partial charge in [0.15, 0.2) is 0 Å². The number of rotatable bonds is 5. The lowest BCUT2D eigenvalue weighted by atomic mass is 10.0. The Balaban J connectivity index is 1.53. The van der Waals surface area contributed by atoms with Crippen molar-refractivity contribution in [3.05, 3.63) is 45.4 Å². The number of amides is 1. The second-order valence-electron chi connectivity index (χ2n) is 6.08. The summed E-state index contributed by atoms with van der Waals surface area (Å²) in [6, 6.07) is 7.60. The van der Waals surface area contributed by atoms with E-state index in [0.717, 1.165) is 35.8 Å². The monoisotopic (exact) mass is 364 g/mol. The summed E-state index contributed by atoms with van der Waals surface area (Å²) in [7, 11) is 0. The summed E-state index contributed by atoms with van der Waals surface area (Å²) >= 11 is 7.38. The minimum Gasteiger partial charge on any atom is -0.486 e. The van der Waals surface area contributed by atoms with Crippen LogP contribution in [0.4, 0.5) is 0 Å². The van der Waals surface area contributed by atoms with Crippen LogP contribution in [-0.4, -0.2) is 28.4 Å². The number of carbonyl (C=O) groups is 1. The molecule has 1 aromatic carbocycles. The molecule has 6 heteroatoms. The molecule has 1 aliphatic rings. The molecule has 0 aliphatic carbocycles. The van der Waals surface area contributed by atoms with Crippen LogP contribution in [0.15, 0.2) is 29.6 Å². The van der Waals surface area contributed by atoms with E-state index in [1.165, 1.54) is 17.8 Å². The molecular formula is C18H21ClN2O2S. The van der Waals surface area contributed by atoms with Crippen LogP contribution in [0.2, 0.25) is 5.02 Å². The van der Waals surface area contributed by atoms with Crippen molar-refractivity contribution in [2.24, 2.45) is 0 Å². The third-order valence-electron chi connectivity index (χ3n) is 4.23. The number of nitrogens with zero attached hydrogens (tertiary/aromatic N) is 2. The Bertz CT molecular complexity index is 687. The molecule has 0 N–H and O–H groups in total. The molecule has 1 aromatic heterocycles. The highest BCUT2D eigenvalue weighted by Crippen LogP contribution is 2.20. The number of halogens is 1. The fourth-order valence-electron chi connectivity index (χ4n) is 2.90. The SMILES string of the molecule is CC1CCCCN1C(=O)Cc1csc(COc2ccc(Cl)cc2)n1. The summed E-state index contributed by atoms with van der Waals surface area (Å²) in [6.45, 7) is 3.40. The molecule has 0 saturated carbocycles. The summed E-state index contributed by atoms with van der Waals surface area (Å²) in [5.74, 6) is 0.937. The molecule has 128 valence electrons. The van der Waals surface area contributed by atoms with Crippen LogP contribution in [0.5, 0.6) is 5.75 Å². The number of likely N-dealkylation sites (tertiary alicyclic amines) is 1. The largest absolute Gasteiger partial charge is 0.486 e. The Morgan fingerprint density at radius 3 is 2.92 bits per heavy atom. The van der Waals surface area contributed by atoms with Gasteiger partial charge in [-0.1, -0.05) is 11.6 Å². The number of hydrogen-bond acceptors (Lipinski definition) is 4. The second-order valence-corrected chi connectivity index (χ2v) is 7.46. The van der Waals surface area contributed by atoms with Crippen molar-refractivity contribution in [3.8, 4) is 5.75 Å². The van der Waals surface area contributed by atoms with Gasteiger partial charge in [0.05, 0.1) is 12.1 Å². The highest BCUT2D eigenvalue weighted by atomic mass is 35.5. The molecule has 0 spiro atoms. The molecule has 24 heavy (non-hydrogen) atoms. The minimum atomic E-state index is 0.178. The fourth-order valence-corrected chi connectivity index (χ4v) is 3.73. The maximum Gasteiger partial charge on any atom is 0.228 e. The van der Waals surface area contributed by atoms with Crippen molar-refractivity contribution in [2.45, 2.75) is 45.3 Å². The molecule has 1 saturated heterocycles. The molecule has 1 aliphatic heterocycles. The highest BCUT2D eigenvalue weighted by Gasteiger charge is 2.23. The molecule has 4 nitrogen and oxygen atoms in total. The smallest absolute Gasteiger partial charge is 0.228 e. The van der Waals surface area contributed by atoms with Crippen LogP contribution in [0.25, 0.3) is 0 Å². The van der Waals surface area contributed by atoms with Gasteiger partial charge in [-0.3, -0.25) is 4.79 Å². The average Bonchev–Trinajstić information content (AvgIpc) is 3.02. The third-order valence-corrected chi connectivity index (χ3v) is 5.35. The molecule has 1 amide bonds. The molecule has 0 bridgehead atoms. The number of hydrogen-bond donors (Lipinski definition) is 0. The quantitative estimate of drug-likeness (QED) is 0.793. The van der Waals surface area contributed by atoms with E-state index in [1.54, 1.807) is 12.1 Å². The molecule has 2 heterocycles. The van der Waals surface area contributed by atoms with Gasteiger partial charge in [0.2, 0.25) is 5.91 Å². The Hall–Kier alpha value is -1.59. The van der Waals surface area contributed by atoms with E-state index in [0.29, 0.717) is 24.1 Å². The number of benzene rings is 1. The van der Waals surface area contributed by atoms with Crippen LogP contribution in [0.3, 0.4) is 0 Å². The van der Waals surface area contributed by atoms with Crippen LogP contribution in [-0.2, 0) is 17.8 Å². The van der Waals surface area contributed by atoms with Crippen LogP contribution in [0.1, 0.15) is 36.9 Å². The maximum absolute atomic E-state index is 12.4. The summed E-state index contributed by atoms with van der Waals surface area (Å²) in [4.78, 5) is 19.0.